The van der Waals surface area contributed by atoms with Crippen molar-refractivity contribution in [2.24, 2.45) is 0 Å². The van der Waals surface area contributed by atoms with E-state index in [1.54, 1.807) is 6.07 Å². The van der Waals surface area contributed by atoms with Gasteiger partial charge in [-0.05, 0) is 31.5 Å². The summed E-state index contributed by atoms with van der Waals surface area (Å²) in [6.07, 6.45) is 1.07. The fourth-order valence-corrected chi connectivity index (χ4v) is 2.07. The monoisotopic (exact) mass is 232 g/mol. The minimum absolute atomic E-state index is 0.440. The molecule has 1 heterocycles. The van der Waals surface area contributed by atoms with Crippen molar-refractivity contribution in [3.8, 4) is 0 Å². The highest BCUT2D eigenvalue weighted by atomic mass is 16.2. The third-order valence-corrected chi connectivity index (χ3v) is 2.94. The molecular formula is C13H16N2O2. The van der Waals surface area contributed by atoms with Crippen molar-refractivity contribution in [1.29, 1.82) is 0 Å². The van der Waals surface area contributed by atoms with Crippen molar-refractivity contribution >= 4 is 23.1 Å². The summed E-state index contributed by atoms with van der Waals surface area (Å²) in [5.74, 6) is -0.972. The molecule has 1 N–H and O–H groups in total. The van der Waals surface area contributed by atoms with E-state index in [0.717, 1.165) is 25.2 Å². The molecule has 0 spiro atoms. The molecule has 90 valence electrons. The smallest absolute Gasteiger partial charge is 0.296 e. The molecule has 1 aliphatic heterocycles. The maximum atomic E-state index is 11.4. The van der Waals surface area contributed by atoms with Crippen LogP contribution >= 0.6 is 0 Å². The number of carbonyl (C=O) groups is 2. The molecule has 0 aromatic heterocycles. The van der Waals surface area contributed by atoms with Crippen LogP contribution in [0.15, 0.2) is 18.2 Å². The van der Waals surface area contributed by atoms with Crippen molar-refractivity contribution < 1.29 is 9.59 Å². The molecule has 0 saturated carbocycles. The quantitative estimate of drug-likeness (QED) is 0.808. The molecule has 1 aromatic carbocycles. The average Bonchev–Trinajstić information content (AvgIpc) is 2.61. The number of fused-ring (bicyclic) bond motifs is 1. The van der Waals surface area contributed by atoms with Gasteiger partial charge in [0, 0.05) is 18.8 Å². The van der Waals surface area contributed by atoms with Gasteiger partial charge in [-0.1, -0.05) is 6.92 Å². The van der Waals surface area contributed by atoms with Crippen LogP contribution in [0.3, 0.4) is 0 Å². The fourth-order valence-electron chi connectivity index (χ4n) is 2.07. The second-order valence-corrected chi connectivity index (χ2v) is 4.09. The Kier molecular flexibility index (Phi) is 3.13. The van der Waals surface area contributed by atoms with Gasteiger partial charge in [0.2, 0.25) is 0 Å². The second kappa shape index (κ2) is 4.57. The number of hydrogen-bond acceptors (Lipinski definition) is 3. The Hall–Kier alpha value is -1.84. The molecule has 1 amide bonds. The maximum absolute atomic E-state index is 11.4. The summed E-state index contributed by atoms with van der Waals surface area (Å²) in [5.41, 5.74) is 2.15. The van der Waals surface area contributed by atoms with E-state index in [4.69, 9.17) is 0 Å². The summed E-state index contributed by atoms with van der Waals surface area (Å²) >= 11 is 0. The van der Waals surface area contributed by atoms with E-state index >= 15 is 0 Å². The second-order valence-electron chi connectivity index (χ2n) is 4.09. The summed E-state index contributed by atoms with van der Waals surface area (Å²) in [4.78, 5) is 24.9. The van der Waals surface area contributed by atoms with Gasteiger partial charge in [-0.15, -0.1) is 0 Å². The molecule has 0 radical (unpaired) electrons. The van der Waals surface area contributed by atoms with Crippen molar-refractivity contribution in [2.75, 3.05) is 23.3 Å². The van der Waals surface area contributed by atoms with Crippen LogP contribution in [0.2, 0.25) is 0 Å². The standard InChI is InChI=1S/C13H16N2O2/c1-3-7-15(4-2)9-5-6-10-11(8-9)14-13(17)12(10)16/h5-6,8H,3-4,7H2,1-2H3,(H,14,16,17). The van der Waals surface area contributed by atoms with Crippen LogP contribution in [-0.4, -0.2) is 24.8 Å². The van der Waals surface area contributed by atoms with Crippen LogP contribution in [0.4, 0.5) is 11.4 Å². The Morgan fingerprint density at radius 2 is 2.00 bits per heavy atom. The molecule has 0 unspecified atom stereocenters. The van der Waals surface area contributed by atoms with Gasteiger partial charge in [-0.25, -0.2) is 0 Å². The van der Waals surface area contributed by atoms with Gasteiger partial charge >= 0.3 is 0 Å². The Balaban J connectivity index is 2.32. The number of nitrogens with one attached hydrogen (secondary N) is 1. The Morgan fingerprint density at radius 3 is 2.65 bits per heavy atom. The maximum Gasteiger partial charge on any atom is 0.296 e. The van der Waals surface area contributed by atoms with Gasteiger partial charge in [0.15, 0.2) is 0 Å². The molecule has 4 heteroatoms. The predicted molar refractivity (Wildman–Crippen MR) is 67.6 cm³/mol. The summed E-state index contributed by atoms with van der Waals surface area (Å²) in [5, 5.41) is 2.59. The molecule has 0 fully saturated rings. The van der Waals surface area contributed by atoms with Crippen LogP contribution in [-0.2, 0) is 4.79 Å². The summed E-state index contributed by atoms with van der Waals surface area (Å²) in [7, 11) is 0. The molecule has 1 aromatic rings. The number of amides is 1. The third kappa shape index (κ3) is 2.02. The zero-order valence-electron chi connectivity index (χ0n) is 10.1. The van der Waals surface area contributed by atoms with Crippen LogP contribution in [0.25, 0.3) is 0 Å². The van der Waals surface area contributed by atoms with E-state index in [1.807, 2.05) is 12.1 Å². The Bertz CT molecular complexity index is 468. The lowest BCUT2D eigenvalue weighted by Gasteiger charge is -2.22. The molecule has 0 saturated heterocycles. The molecule has 0 atom stereocenters. The van der Waals surface area contributed by atoms with Crippen LogP contribution in [0.1, 0.15) is 30.6 Å². The summed E-state index contributed by atoms with van der Waals surface area (Å²) < 4.78 is 0. The minimum atomic E-state index is -0.532. The number of ketones is 1. The highest BCUT2D eigenvalue weighted by Crippen LogP contribution is 2.28. The first-order valence-electron chi connectivity index (χ1n) is 5.92. The van der Waals surface area contributed by atoms with Crippen molar-refractivity contribution in [3.05, 3.63) is 23.8 Å². The zero-order chi connectivity index (χ0) is 12.4. The largest absolute Gasteiger partial charge is 0.372 e. The molecule has 17 heavy (non-hydrogen) atoms. The average molecular weight is 232 g/mol. The number of hydrogen-bond donors (Lipinski definition) is 1. The highest BCUT2D eigenvalue weighted by Gasteiger charge is 2.28. The minimum Gasteiger partial charge on any atom is -0.372 e. The molecule has 1 aliphatic rings. The molecular weight excluding hydrogens is 216 g/mol. The molecule has 2 rings (SSSR count). The third-order valence-electron chi connectivity index (χ3n) is 2.94. The first-order chi connectivity index (χ1) is 8.17. The normalized spacial score (nSPS) is 13.5. The lowest BCUT2D eigenvalue weighted by molar-refractivity contribution is -0.112. The summed E-state index contributed by atoms with van der Waals surface area (Å²) in [6.45, 7) is 6.10. The van der Waals surface area contributed by atoms with E-state index in [-0.39, 0.29) is 0 Å². The van der Waals surface area contributed by atoms with Crippen LogP contribution in [0.5, 0.6) is 0 Å². The van der Waals surface area contributed by atoms with Gasteiger partial charge in [0.25, 0.3) is 11.7 Å². The lowest BCUT2D eigenvalue weighted by atomic mass is 10.1. The van der Waals surface area contributed by atoms with Gasteiger partial charge in [0.1, 0.15) is 0 Å². The Labute approximate surface area is 101 Å². The highest BCUT2D eigenvalue weighted by molar-refractivity contribution is 6.51. The number of benzene rings is 1. The van der Waals surface area contributed by atoms with Gasteiger partial charge in [-0.3, -0.25) is 9.59 Å². The van der Waals surface area contributed by atoms with Crippen molar-refractivity contribution in [2.45, 2.75) is 20.3 Å². The van der Waals surface area contributed by atoms with Gasteiger partial charge in [0.05, 0.1) is 11.3 Å². The van der Waals surface area contributed by atoms with E-state index in [1.165, 1.54) is 0 Å². The molecule has 4 nitrogen and oxygen atoms in total. The number of carbonyl (C=O) groups excluding carboxylic acids is 2. The topological polar surface area (TPSA) is 49.4 Å². The molecule has 0 bridgehead atoms. The van der Waals surface area contributed by atoms with Crippen molar-refractivity contribution in [3.63, 3.8) is 0 Å². The molecule has 0 aliphatic carbocycles. The first kappa shape index (κ1) is 11.6. The SMILES string of the molecule is CCCN(CC)c1ccc2c(c1)NC(=O)C2=O. The predicted octanol–water partition coefficient (Wildman–Crippen LogP) is 2.06. The summed E-state index contributed by atoms with van der Waals surface area (Å²) in [6, 6.07) is 5.50. The lowest BCUT2D eigenvalue weighted by Crippen LogP contribution is -2.23. The number of rotatable bonds is 4. The fraction of sp³-hybridized carbons (Fsp3) is 0.385. The van der Waals surface area contributed by atoms with Crippen LogP contribution in [0, 0.1) is 0 Å². The van der Waals surface area contributed by atoms with Crippen molar-refractivity contribution in [1.82, 2.24) is 0 Å². The van der Waals surface area contributed by atoms with Gasteiger partial charge < -0.3 is 10.2 Å². The number of nitrogens with zero attached hydrogens (tertiary/aromatic N) is 1. The Morgan fingerprint density at radius 1 is 1.24 bits per heavy atom. The number of Topliss-reactive ketones (excluding diaryl/α,β-unsaturated/α-hetero) is 1. The van der Waals surface area contributed by atoms with E-state index in [2.05, 4.69) is 24.1 Å². The zero-order valence-corrected chi connectivity index (χ0v) is 10.1. The van der Waals surface area contributed by atoms with E-state index in [9.17, 15) is 9.59 Å². The van der Waals surface area contributed by atoms with Gasteiger partial charge in [-0.2, -0.15) is 0 Å². The van der Waals surface area contributed by atoms with E-state index < -0.39 is 11.7 Å². The van der Waals surface area contributed by atoms with E-state index in [0.29, 0.717) is 11.3 Å². The van der Waals surface area contributed by atoms with Crippen LogP contribution < -0.4 is 10.2 Å². The number of anilines is 2. The first-order valence-corrected chi connectivity index (χ1v) is 5.92.